The largest absolute Gasteiger partial charge is 0.426 e. The number of benzene rings is 1. The molecule has 2 N–H and O–H groups in total. The summed E-state index contributed by atoms with van der Waals surface area (Å²) in [5, 5.41) is 10.9. The molecule has 0 aliphatic carbocycles. The van der Waals surface area contributed by atoms with Crippen molar-refractivity contribution in [2.45, 2.75) is 36.9 Å². The molecule has 6 nitrogen and oxygen atoms in total. The van der Waals surface area contributed by atoms with Crippen molar-refractivity contribution in [2.75, 3.05) is 18.9 Å². The fourth-order valence-electron chi connectivity index (χ4n) is 1.75. The average molecular weight is 403 g/mol. The lowest BCUT2D eigenvalue weighted by Gasteiger charge is -2.25. The lowest BCUT2D eigenvalue weighted by atomic mass is 10.1. The highest BCUT2D eigenvalue weighted by atomic mass is 35.5. The van der Waals surface area contributed by atoms with Crippen LogP contribution in [0, 0.1) is 0 Å². The highest BCUT2D eigenvalue weighted by Crippen LogP contribution is 2.33. The van der Waals surface area contributed by atoms with Gasteiger partial charge in [0, 0.05) is 13.6 Å². The zero-order valence-electron chi connectivity index (χ0n) is 13.7. The maximum atomic E-state index is 12.6. The number of alkyl halides is 3. The number of carbonyl (C=O) groups is 1. The summed E-state index contributed by atoms with van der Waals surface area (Å²) in [5.41, 5.74) is -3.88. The third-order valence-electron chi connectivity index (χ3n) is 3.43. The molecule has 142 valence electrons. The van der Waals surface area contributed by atoms with Crippen LogP contribution in [0.3, 0.4) is 0 Å². The number of rotatable bonds is 6. The van der Waals surface area contributed by atoms with Crippen LogP contribution in [0.5, 0.6) is 0 Å². The lowest BCUT2D eigenvalue weighted by molar-refractivity contribution is -0.242. The number of sulfonamides is 1. The Bertz CT molecular complexity index is 751. The molecule has 1 atom stereocenters. The van der Waals surface area contributed by atoms with E-state index < -0.39 is 27.7 Å². The van der Waals surface area contributed by atoms with Crippen molar-refractivity contribution in [1.82, 2.24) is 4.31 Å². The number of nitrogens with one attached hydrogen (secondary N) is 1. The van der Waals surface area contributed by atoms with Crippen molar-refractivity contribution in [3.63, 3.8) is 0 Å². The van der Waals surface area contributed by atoms with Crippen molar-refractivity contribution in [2.24, 2.45) is 0 Å². The van der Waals surface area contributed by atoms with E-state index >= 15 is 0 Å². The number of hydrogen-bond donors (Lipinski definition) is 2. The second kappa shape index (κ2) is 7.48. The van der Waals surface area contributed by atoms with Crippen LogP contribution in [-0.2, 0) is 14.8 Å². The Morgan fingerprint density at radius 3 is 2.36 bits per heavy atom. The van der Waals surface area contributed by atoms with Gasteiger partial charge in [-0.3, -0.25) is 4.79 Å². The Kier molecular flexibility index (Phi) is 6.49. The van der Waals surface area contributed by atoms with Crippen molar-refractivity contribution >= 4 is 33.2 Å². The van der Waals surface area contributed by atoms with Gasteiger partial charge in [0.15, 0.2) is 0 Å². The molecule has 11 heteroatoms. The zero-order chi connectivity index (χ0) is 19.6. The van der Waals surface area contributed by atoms with Gasteiger partial charge in [-0.1, -0.05) is 18.5 Å². The molecule has 0 radical (unpaired) electrons. The number of anilines is 1. The number of aliphatic hydroxyl groups is 1. The summed E-state index contributed by atoms with van der Waals surface area (Å²) in [4.78, 5) is 11.5. The molecule has 1 aromatic carbocycles. The second-order valence-electron chi connectivity index (χ2n) is 5.49. The summed E-state index contributed by atoms with van der Waals surface area (Å²) in [7, 11) is -2.44. The van der Waals surface area contributed by atoms with Crippen LogP contribution in [-0.4, -0.2) is 49.1 Å². The third kappa shape index (κ3) is 4.63. The Labute approximate surface area is 148 Å². The van der Waals surface area contributed by atoms with Gasteiger partial charge in [-0.2, -0.15) is 13.2 Å². The quantitative estimate of drug-likeness (QED) is 0.765. The van der Waals surface area contributed by atoms with Crippen LogP contribution in [0.15, 0.2) is 23.1 Å². The molecule has 1 rings (SSSR count). The molecule has 0 fully saturated rings. The Morgan fingerprint density at radius 2 is 1.92 bits per heavy atom. The molecule has 0 spiro atoms. The second-order valence-corrected chi connectivity index (χ2v) is 7.94. The number of carbonyl (C=O) groups excluding carboxylic acids is 1. The minimum atomic E-state index is -5.18. The van der Waals surface area contributed by atoms with E-state index in [0.29, 0.717) is 13.3 Å². The predicted octanol–water partition coefficient (Wildman–Crippen LogP) is 2.62. The van der Waals surface area contributed by atoms with Crippen LogP contribution in [0.2, 0.25) is 5.02 Å². The van der Waals surface area contributed by atoms with E-state index in [1.807, 2.05) is 5.32 Å². The molecular formula is C14H18ClF3N2O4S. The van der Waals surface area contributed by atoms with E-state index in [2.05, 4.69) is 0 Å². The number of nitrogens with zero attached hydrogens (tertiary/aromatic N) is 1. The van der Waals surface area contributed by atoms with Gasteiger partial charge in [-0.25, -0.2) is 12.7 Å². The fourth-order valence-corrected chi connectivity index (χ4v) is 3.33. The van der Waals surface area contributed by atoms with Crippen LogP contribution in [0.4, 0.5) is 18.9 Å². The smallest absolute Gasteiger partial charge is 0.373 e. The van der Waals surface area contributed by atoms with Gasteiger partial charge in [0.25, 0.3) is 5.91 Å². The first kappa shape index (κ1) is 21.7. The van der Waals surface area contributed by atoms with Crippen molar-refractivity contribution in [3.05, 3.63) is 23.2 Å². The third-order valence-corrected chi connectivity index (χ3v) is 5.60. The first-order valence-electron chi connectivity index (χ1n) is 7.11. The highest BCUT2D eigenvalue weighted by Gasteiger charge is 2.55. The van der Waals surface area contributed by atoms with Gasteiger partial charge in [0.05, 0.1) is 15.6 Å². The maximum Gasteiger partial charge on any atom is 0.426 e. The Morgan fingerprint density at radius 1 is 1.36 bits per heavy atom. The van der Waals surface area contributed by atoms with E-state index in [9.17, 15) is 31.5 Å². The summed E-state index contributed by atoms with van der Waals surface area (Å²) in [6.45, 7) is 2.37. The fraction of sp³-hybridized carbons (Fsp3) is 0.500. The van der Waals surface area contributed by atoms with E-state index in [1.165, 1.54) is 7.05 Å². The minimum Gasteiger partial charge on any atom is -0.373 e. The van der Waals surface area contributed by atoms with Gasteiger partial charge in [0.2, 0.25) is 15.6 Å². The van der Waals surface area contributed by atoms with Crippen molar-refractivity contribution < 1.29 is 31.5 Å². The predicted molar refractivity (Wildman–Crippen MR) is 86.9 cm³/mol. The Hall–Kier alpha value is -1.36. The van der Waals surface area contributed by atoms with Crippen molar-refractivity contribution in [3.8, 4) is 0 Å². The summed E-state index contributed by atoms with van der Waals surface area (Å²) < 4.78 is 63.6. The molecule has 0 saturated heterocycles. The normalized spacial score (nSPS) is 15.1. The van der Waals surface area contributed by atoms with Gasteiger partial charge in [-0.15, -0.1) is 0 Å². The van der Waals surface area contributed by atoms with E-state index in [4.69, 9.17) is 11.6 Å². The molecule has 0 aromatic heterocycles. The molecule has 0 bridgehead atoms. The van der Waals surface area contributed by atoms with Crippen LogP contribution >= 0.6 is 11.6 Å². The molecular weight excluding hydrogens is 385 g/mol. The molecule has 0 aliphatic heterocycles. The van der Waals surface area contributed by atoms with E-state index in [-0.39, 0.29) is 22.2 Å². The van der Waals surface area contributed by atoms with Gasteiger partial charge in [0.1, 0.15) is 0 Å². The molecule has 0 saturated carbocycles. The van der Waals surface area contributed by atoms with Crippen LogP contribution in [0.25, 0.3) is 0 Å². The average Bonchev–Trinajstić information content (AvgIpc) is 2.48. The molecule has 1 amide bonds. The SMILES string of the molecule is CCCN(C)S(=O)(=O)c1ccc(NC(=O)[C@@](C)(O)C(F)(F)F)c(Cl)c1. The molecule has 0 unspecified atom stereocenters. The van der Waals surface area contributed by atoms with Crippen LogP contribution < -0.4 is 5.32 Å². The van der Waals surface area contributed by atoms with Gasteiger partial charge < -0.3 is 10.4 Å². The van der Waals surface area contributed by atoms with Gasteiger partial charge in [-0.05, 0) is 31.5 Å². The molecule has 0 aliphatic rings. The zero-order valence-corrected chi connectivity index (χ0v) is 15.3. The summed E-state index contributed by atoms with van der Waals surface area (Å²) >= 11 is 5.87. The van der Waals surface area contributed by atoms with Crippen LogP contribution in [0.1, 0.15) is 20.3 Å². The highest BCUT2D eigenvalue weighted by molar-refractivity contribution is 7.89. The maximum absolute atomic E-state index is 12.6. The first-order valence-corrected chi connectivity index (χ1v) is 8.93. The Balaban J connectivity index is 3.11. The topological polar surface area (TPSA) is 86.7 Å². The van der Waals surface area contributed by atoms with E-state index in [1.54, 1.807) is 6.92 Å². The van der Waals surface area contributed by atoms with Gasteiger partial charge >= 0.3 is 6.18 Å². The van der Waals surface area contributed by atoms with Crippen molar-refractivity contribution in [1.29, 1.82) is 0 Å². The monoisotopic (exact) mass is 402 g/mol. The molecule has 25 heavy (non-hydrogen) atoms. The number of halogens is 4. The summed E-state index contributed by atoms with van der Waals surface area (Å²) in [6.07, 6.45) is -4.60. The lowest BCUT2D eigenvalue weighted by Crippen LogP contribution is -2.52. The standard InChI is InChI=1S/C14H18ClF3N2O4S/c1-4-7-20(3)25(23,24)9-5-6-11(10(15)8-9)19-12(21)13(2,22)14(16,17)18/h5-6,8,22H,4,7H2,1-3H3,(H,19,21)/t13-/m1/s1. The molecule has 1 aromatic rings. The first-order chi connectivity index (χ1) is 11.2. The minimum absolute atomic E-state index is 0.172. The summed E-state index contributed by atoms with van der Waals surface area (Å²) in [6, 6.07) is 3.17. The number of amides is 1. The number of hydrogen-bond acceptors (Lipinski definition) is 4. The summed E-state index contributed by atoms with van der Waals surface area (Å²) in [5.74, 6) is -1.74. The molecule has 0 heterocycles. The van der Waals surface area contributed by atoms with E-state index in [0.717, 1.165) is 22.5 Å².